The summed E-state index contributed by atoms with van der Waals surface area (Å²) in [6.45, 7) is 0. The predicted octanol–water partition coefficient (Wildman–Crippen LogP) is 5.70. The SMILES string of the molecule is O=C(/C=C/c1c2ccccc2cc2ccccc12)c1c(O)ccc2ccc(=O)oc12. The fourth-order valence-corrected chi connectivity index (χ4v) is 3.83. The summed E-state index contributed by atoms with van der Waals surface area (Å²) >= 11 is 0. The molecule has 0 aliphatic carbocycles. The van der Waals surface area contributed by atoms with Crippen molar-refractivity contribution in [2.24, 2.45) is 0 Å². The van der Waals surface area contributed by atoms with Gasteiger partial charge in [0.15, 0.2) is 11.4 Å². The van der Waals surface area contributed by atoms with E-state index in [4.69, 9.17) is 4.42 Å². The average Bonchev–Trinajstić information content (AvgIpc) is 2.76. The van der Waals surface area contributed by atoms with E-state index in [1.54, 1.807) is 18.2 Å². The van der Waals surface area contributed by atoms with Crippen LogP contribution in [-0.4, -0.2) is 10.9 Å². The van der Waals surface area contributed by atoms with E-state index < -0.39 is 11.4 Å². The van der Waals surface area contributed by atoms with E-state index in [1.165, 1.54) is 18.2 Å². The molecule has 144 valence electrons. The number of carbonyl (C=O) groups is 1. The smallest absolute Gasteiger partial charge is 0.336 e. The lowest BCUT2D eigenvalue weighted by Gasteiger charge is -2.08. The average molecular weight is 392 g/mol. The molecule has 0 fully saturated rings. The molecule has 0 saturated heterocycles. The minimum atomic E-state index is -0.578. The van der Waals surface area contributed by atoms with Gasteiger partial charge in [0.05, 0.1) is 0 Å². The zero-order chi connectivity index (χ0) is 20.7. The lowest BCUT2D eigenvalue weighted by Crippen LogP contribution is -2.01. The van der Waals surface area contributed by atoms with Gasteiger partial charge in [0, 0.05) is 11.5 Å². The van der Waals surface area contributed by atoms with Crippen molar-refractivity contribution in [3.05, 3.63) is 106 Å². The molecule has 0 bridgehead atoms. The molecule has 4 nitrogen and oxygen atoms in total. The number of fused-ring (bicyclic) bond motifs is 3. The number of carbonyl (C=O) groups excluding carboxylic acids is 1. The van der Waals surface area contributed by atoms with Crippen molar-refractivity contribution in [2.45, 2.75) is 0 Å². The van der Waals surface area contributed by atoms with Crippen LogP contribution in [0.1, 0.15) is 15.9 Å². The Balaban J connectivity index is 1.69. The van der Waals surface area contributed by atoms with Gasteiger partial charge in [-0.15, -0.1) is 0 Å². The van der Waals surface area contributed by atoms with Crippen molar-refractivity contribution in [1.82, 2.24) is 0 Å². The number of benzene rings is 4. The summed E-state index contributed by atoms with van der Waals surface area (Å²) < 4.78 is 5.22. The van der Waals surface area contributed by atoms with Gasteiger partial charge < -0.3 is 9.52 Å². The summed E-state index contributed by atoms with van der Waals surface area (Å²) in [5, 5.41) is 15.1. The predicted molar refractivity (Wildman–Crippen MR) is 119 cm³/mol. The van der Waals surface area contributed by atoms with E-state index in [0.717, 1.165) is 27.1 Å². The molecule has 30 heavy (non-hydrogen) atoms. The van der Waals surface area contributed by atoms with Crippen LogP contribution in [0.5, 0.6) is 5.75 Å². The standard InChI is InChI=1S/C26H16O4/c27-22-12-9-16-10-14-24(29)30-26(16)25(22)23(28)13-11-21-19-7-3-1-5-17(19)15-18-6-2-4-8-20(18)21/h1-15,27H/b13-11+. The zero-order valence-electron chi connectivity index (χ0n) is 15.8. The van der Waals surface area contributed by atoms with Gasteiger partial charge in [-0.2, -0.15) is 0 Å². The number of phenolic OH excluding ortho intramolecular Hbond substituents is 1. The Labute approximate surface area is 171 Å². The Bertz CT molecular complexity index is 1490. The molecular formula is C26H16O4. The fraction of sp³-hybridized carbons (Fsp3) is 0. The molecule has 4 aromatic carbocycles. The van der Waals surface area contributed by atoms with Crippen LogP contribution in [0.3, 0.4) is 0 Å². The topological polar surface area (TPSA) is 67.5 Å². The maximum Gasteiger partial charge on any atom is 0.336 e. The molecule has 1 aromatic heterocycles. The minimum Gasteiger partial charge on any atom is -0.507 e. The largest absolute Gasteiger partial charge is 0.507 e. The van der Waals surface area contributed by atoms with Crippen LogP contribution < -0.4 is 5.63 Å². The number of ketones is 1. The summed E-state index contributed by atoms with van der Waals surface area (Å²) in [4.78, 5) is 24.7. The molecular weight excluding hydrogens is 376 g/mol. The summed E-state index contributed by atoms with van der Waals surface area (Å²) in [7, 11) is 0. The number of aromatic hydroxyl groups is 1. The van der Waals surface area contributed by atoms with Crippen LogP contribution in [0.4, 0.5) is 0 Å². The highest BCUT2D eigenvalue weighted by Gasteiger charge is 2.16. The number of allylic oxidation sites excluding steroid dienone is 1. The first-order valence-electron chi connectivity index (χ1n) is 9.50. The minimum absolute atomic E-state index is 0.0222. The maximum atomic E-state index is 13.0. The van der Waals surface area contributed by atoms with E-state index in [1.807, 2.05) is 48.5 Å². The normalized spacial score (nSPS) is 11.6. The Morgan fingerprint density at radius 1 is 0.800 bits per heavy atom. The molecule has 1 heterocycles. The lowest BCUT2D eigenvalue weighted by molar-refractivity contribution is 0.104. The molecule has 0 saturated carbocycles. The third-order valence-electron chi connectivity index (χ3n) is 5.23. The van der Waals surface area contributed by atoms with Crippen LogP contribution in [0, 0.1) is 0 Å². The summed E-state index contributed by atoms with van der Waals surface area (Å²) in [6, 6.07) is 24.0. The van der Waals surface area contributed by atoms with Gasteiger partial charge in [-0.3, -0.25) is 4.79 Å². The first-order chi connectivity index (χ1) is 14.6. The van der Waals surface area contributed by atoms with Crippen molar-refractivity contribution in [1.29, 1.82) is 0 Å². The van der Waals surface area contributed by atoms with Gasteiger partial charge >= 0.3 is 5.63 Å². The molecule has 0 aliphatic rings. The van der Waals surface area contributed by atoms with Crippen LogP contribution in [0.15, 0.2) is 94.2 Å². The van der Waals surface area contributed by atoms with Gasteiger partial charge in [-0.1, -0.05) is 48.5 Å². The number of hydrogen-bond donors (Lipinski definition) is 1. The van der Waals surface area contributed by atoms with Gasteiger partial charge in [-0.25, -0.2) is 4.79 Å². The highest BCUT2D eigenvalue weighted by atomic mass is 16.4. The van der Waals surface area contributed by atoms with Crippen molar-refractivity contribution < 1.29 is 14.3 Å². The molecule has 5 rings (SSSR count). The first-order valence-corrected chi connectivity index (χ1v) is 9.50. The number of rotatable bonds is 3. The van der Waals surface area contributed by atoms with Crippen LogP contribution >= 0.6 is 0 Å². The highest BCUT2D eigenvalue weighted by Crippen LogP contribution is 2.31. The van der Waals surface area contributed by atoms with Crippen LogP contribution in [-0.2, 0) is 0 Å². The second-order valence-corrected chi connectivity index (χ2v) is 7.06. The van der Waals surface area contributed by atoms with E-state index in [0.29, 0.717) is 5.39 Å². The lowest BCUT2D eigenvalue weighted by atomic mass is 9.96. The van der Waals surface area contributed by atoms with E-state index in [9.17, 15) is 14.7 Å². The number of phenols is 1. The number of hydrogen-bond acceptors (Lipinski definition) is 4. The maximum absolute atomic E-state index is 13.0. The third kappa shape index (κ3) is 2.95. The van der Waals surface area contributed by atoms with Gasteiger partial charge in [0.1, 0.15) is 11.3 Å². The molecule has 0 spiro atoms. The van der Waals surface area contributed by atoms with Crippen molar-refractivity contribution in [3.8, 4) is 5.75 Å². The Morgan fingerprint density at radius 2 is 1.43 bits per heavy atom. The fourth-order valence-electron chi connectivity index (χ4n) is 3.83. The van der Waals surface area contributed by atoms with Gasteiger partial charge in [0.2, 0.25) is 0 Å². The summed E-state index contributed by atoms with van der Waals surface area (Å²) in [5.74, 6) is -0.668. The second-order valence-electron chi connectivity index (χ2n) is 7.06. The van der Waals surface area contributed by atoms with Crippen molar-refractivity contribution in [3.63, 3.8) is 0 Å². The van der Waals surface area contributed by atoms with E-state index in [2.05, 4.69) is 6.07 Å². The van der Waals surface area contributed by atoms with Crippen molar-refractivity contribution in [2.75, 3.05) is 0 Å². The molecule has 5 aromatic rings. The van der Waals surface area contributed by atoms with Crippen molar-refractivity contribution >= 4 is 44.4 Å². The molecule has 4 heteroatoms. The van der Waals surface area contributed by atoms with Crippen LogP contribution in [0.2, 0.25) is 0 Å². The molecule has 0 unspecified atom stereocenters. The zero-order valence-corrected chi connectivity index (χ0v) is 15.8. The molecule has 1 N–H and O–H groups in total. The van der Waals surface area contributed by atoms with E-state index in [-0.39, 0.29) is 16.9 Å². The highest BCUT2D eigenvalue weighted by molar-refractivity contribution is 6.17. The molecule has 0 atom stereocenters. The van der Waals surface area contributed by atoms with Gasteiger partial charge in [0.25, 0.3) is 0 Å². The Kier molecular flexibility index (Phi) is 4.18. The molecule has 0 radical (unpaired) electrons. The quantitative estimate of drug-likeness (QED) is 0.185. The first kappa shape index (κ1) is 17.9. The summed E-state index contributed by atoms with van der Waals surface area (Å²) in [6.07, 6.45) is 3.17. The molecule has 0 amide bonds. The Morgan fingerprint density at radius 3 is 2.13 bits per heavy atom. The third-order valence-corrected chi connectivity index (χ3v) is 5.23. The second kappa shape index (κ2) is 7.01. The van der Waals surface area contributed by atoms with Crippen LogP contribution in [0.25, 0.3) is 38.6 Å². The molecule has 0 aliphatic heterocycles. The van der Waals surface area contributed by atoms with Gasteiger partial charge in [-0.05, 0) is 63.5 Å². The Hall–Kier alpha value is -4.18. The van der Waals surface area contributed by atoms with E-state index >= 15 is 0 Å². The summed E-state index contributed by atoms with van der Waals surface area (Å²) in [5.41, 5.74) is 0.398. The monoisotopic (exact) mass is 392 g/mol.